The maximum atomic E-state index is 5.23. The largest absolute Gasteiger partial charge is 3.00 e. The molecule has 9 aromatic heterocycles. The number of anilines is 3. The fourth-order valence-electron chi connectivity index (χ4n) is 18.6. The Labute approximate surface area is 826 Å². The zero-order valence-electron chi connectivity index (χ0n) is 77.8. The molecule has 670 valence electrons. The van der Waals surface area contributed by atoms with Gasteiger partial charge in [0.2, 0.25) is 0 Å². The number of fused-ring (bicyclic) bond motifs is 14. The molecule has 0 bridgehead atoms. The van der Waals surface area contributed by atoms with Crippen molar-refractivity contribution < 1.29 is 60.3 Å². The van der Waals surface area contributed by atoms with Gasteiger partial charge in [-0.25, -0.2) is 4.98 Å². The van der Waals surface area contributed by atoms with Crippen LogP contribution >= 0.6 is 0 Å². The minimum atomic E-state index is 0. The summed E-state index contributed by atoms with van der Waals surface area (Å²) < 4.78 is 6.59. The van der Waals surface area contributed by atoms with Crippen molar-refractivity contribution >= 4 is 132 Å². The Morgan fingerprint density at radius 2 is 0.657 bits per heavy atom. The Balaban J connectivity index is 0.000000122. The van der Waals surface area contributed by atoms with Crippen LogP contribution in [0.15, 0.2) is 305 Å². The number of nitrogens with zero attached hydrogens (tertiary/aromatic N) is 15. The van der Waals surface area contributed by atoms with Crippen LogP contribution in [-0.2, 0) is 60.3 Å². The van der Waals surface area contributed by atoms with Crippen LogP contribution in [0.5, 0.6) is 0 Å². The predicted octanol–water partition coefficient (Wildman–Crippen LogP) is 28.1. The van der Waals surface area contributed by atoms with Crippen LogP contribution in [0.4, 0.5) is 17.1 Å². The number of rotatable bonds is 12. The summed E-state index contributed by atoms with van der Waals surface area (Å²) in [5, 5.41) is 16.3. The molecule has 0 atom stereocenters. The van der Waals surface area contributed by atoms with Gasteiger partial charge in [0, 0.05) is 59.3 Å². The molecular weight excluding hydrogens is 2180 g/mol. The second-order valence-electron chi connectivity index (χ2n) is 35.8. The summed E-state index contributed by atoms with van der Waals surface area (Å²) >= 11 is 0. The van der Waals surface area contributed by atoms with Crippen LogP contribution in [0.1, 0.15) is 152 Å². The Kier molecular flexibility index (Phi) is 28.4. The van der Waals surface area contributed by atoms with E-state index < -0.39 is 0 Å². The summed E-state index contributed by atoms with van der Waals surface area (Å²) in [6.07, 6.45) is 26.4. The first-order valence-corrected chi connectivity index (χ1v) is 45.2. The minimum absolute atomic E-state index is 0. The molecule has 0 unspecified atom stereocenters. The Morgan fingerprint density at radius 1 is 0.284 bits per heavy atom. The summed E-state index contributed by atoms with van der Waals surface area (Å²) in [5.74, 6) is 2.50. The van der Waals surface area contributed by atoms with E-state index in [2.05, 4.69) is 284 Å². The van der Waals surface area contributed by atoms with E-state index >= 15 is 0 Å². The third-order valence-corrected chi connectivity index (χ3v) is 24.9. The van der Waals surface area contributed by atoms with Crippen molar-refractivity contribution in [3.05, 3.63) is 395 Å². The van der Waals surface area contributed by atoms with E-state index in [0.29, 0.717) is 35.5 Å². The van der Waals surface area contributed by atoms with Crippen LogP contribution in [0.25, 0.3) is 148 Å². The Morgan fingerprint density at radius 3 is 1.08 bits per heavy atom. The van der Waals surface area contributed by atoms with Gasteiger partial charge in [0.15, 0.2) is 0 Å². The van der Waals surface area contributed by atoms with E-state index in [0.717, 1.165) is 106 Å². The van der Waals surface area contributed by atoms with E-state index in [1.165, 1.54) is 93.2 Å². The molecule has 12 heterocycles. The van der Waals surface area contributed by atoms with Gasteiger partial charge in [-0.2, -0.15) is 111 Å². The van der Waals surface area contributed by atoms with Crippen molar-refractivity contribution in [2.45, 2.75) is 119 Å². The van der Waals surface area contributed by atoms with E-state index in [-0.39, 0.29) is 60.3 Å². The van der Waals surface area contributed by atoms with E-state index in [1.54, 1.807) is 0 Å². The second kappa shape index (κ2) is 40.4. The molecule has 15 nitrogen and oxygen atoms in total. The smallest absolute Gasteiger partial charge is 0.510 e. The average molecular weight is 2280 g/mol. The van der Waals surface area contributed by atoms with Gasteiger partial charge < -0.3 is 42.6 Å². The zero-order chi connectivity index (χ0) is 90.4. The maximum absolute atomic E-state index is 5.23. The SMILES string of the molecule is CC(C)c1cccc(C(C)C)c1-c1cn2c(n1)c1[c-]ccc3ccc4ccnc2c4c31.CC(C)c1cccc(C(C)C)c1-c1cn2c3cnc4ccccc4c3c3ccc[c-]c3c2n1.CC(C)c1cccc(C(C)C)c1-c1cn2c3cncc4ccc5cc[c-]c(c5c43)c2n1.CN1C=CN(c2[c-]cccc2)[CH-]1.CN1C=CN(c2[c-]cccc2)[CH-]1.CN1C=CN(c2[c-]cccc2)[CH-]1.[Ir+3].[Ir+3].[Ir+3]. The summed E-state index contributed by atoms with van der Waals surface area (Å²) in [7, 11) is 6.00. The van der Waals surface area contributed by atoms with Gasteiger partial charge >= 0.3 is 60.3 Å². The van der Waals surface area contributed by atoms with Crippen molar-refractivity contribution in [2.75, 3.05) is 35.8 Å². The van der Waals surface area contributed by atoms with Gasteiger partial charge in [0.1, 0.15) is 5.65 Å². The quantitative estimate of drug-likeness (QED) is 0.0858. The third-order valence-electron chi connectivity index (χ3n) is 24.9. The van der Waals surface area contributed by atoms with E-state index in [9.17, 15) is 0 Å². The fraction of sp³-hybridized carbons (Fsp3) is 0.181. The van der Waals surface area contributed by atoms with Crippen molar-refractivity contribution in [2.24, 2.45) is 0 Å². The molecule has 0 spiro atoms. The van der Waals surface area contributed by atoms with Crippen LogP contribution in [0, 0.1) is 56.4 Å². The molecule has 21 aromatic rings. The number of hydrogen-bond acceptors (Lipinski definition) is 12. The molecule has 134 heavy (non-hydrogen) atoms. The fourth-order valence-corrected chi connectivity index (χ4v) is 18.6. The molecule has 3 aliphatic rings. The Bertz CT molecular complexity index is 7190. The molecule has 18 heteroatoms. The van der Waals surface area contributed by atoms with E-state index in [4.69, 9.17) is 24.9 Å². The van der Waals surface area contributed by atoms with Gasteiger partial charge in [0.25, 0.3) is 0 Å². The first-order chi connectivity index (χ1) is 63.7. The number of imidazole rings is 3. The predicted molar refractivity (Wildman–Crippen MR) is 543 cm³/mol. The molecule has 0 N–H and O–H groups in total. The van der Waals surface area contributed by atoms with Crippen molar-refractivity contribution in [3.8, 4) is 33.8 Å². The minimum Gasteiger partial charge on any atom is -0.510 e. The third kappa shape index (κ3) is 18.3. The summed E-state index contributed by atoms with van der Waals surface area (Å²) in [4.78, 5) is 41.9. The van der Waals surface area contributed by atoms with Gasteiger partial charge in [-0.1, -0.05) is 207 Å². The number of para-hydroxylation sites is 4. The number of benzene rings is 12. The number of hydrogen-bond donors (Lipinski definition) is 0. The standard InChI is InChI=1S/C30H26N3.2C28H24N3.3C10H10N2.3Ir/c1-18(2)20-13-9-14-21(19(3)4)28(20)26-17-33-27-16-31-25-15-8-7-12-24(25)29(27)22-10-5-6-11-23(22)30(33)32-26;1-16(2)20-8-6-9-21(17(3)4)27(20)23-15-31-24-14-29-13-19-12-11-18-7-5-10-22(28(31)30-23)25(18)26(19)24;1-16(2)20-8-6-9-21(17(3)4)26(20)23-15-31-27(30-23)22-10-5-7-18-11-12-19-13-14-29-28(31)25(19)24(18)22;3*1-11-7-8-12(9-11)10-5-3-2-4-6-10;;;/h5-10,12-19H,1-4H3;2*5-9,11-17H,1-4H3;3*2-5,7-9H,1H3;;;/q3*-1;3*-2;3*+3. The molecular formula is C116H104Ir3N15. The normalized spacial score (nSPS) is 13.0. The first-order valence-electron chi connectivity index (χ1n) is 45.2. The molecule has 0 fully saturated rings. The molecule has 3 aliphatic heterocycles. The summed E-state index contributed by atoms with van der Waals surface area (Å²) in [6.45, 7) is 33.1. The molecule has 0 saturated carbocycles. The number of pyridine rings is 6. The van der Waals surface area contributed by atoms with Gasteiger partial charge in [-0.3, -0.25) is 24.9 Å². The number of aromatic nitrogens is 9. The summed E-state index contributed by atoms with van der Waals surface area (Å²) in [5.41, 5.74) is 25.0. The van der Waals surface area contributed by atoms with Gasteiger partial charge in [-0.05, 0) is 166 Å². The Hall–Kier alpha value is -13.0. The molecule has 12 aromatic carbocycles. The molecule has 0 saturated heterocycles. The average Bonchev–Trinajstić information content (AvgIpc) is 1.54. The molecule has 0 radical (unpaired) electrons. The van der Waals surface area contributed by atoms with Crippen LogP contribution in [0.2, 0.25) is 0 Å². The van der Waals surface area contributed by atoms with Gasteiger partial charge in [-0.15, -0.1) is 93.9 Å². The maximum Gasteiger partial charge on any atom is 3.00 e. The molecule has 24 rings (SSSR count). The van der Waals surface area contributed by atoms with Crippen molar-refractivity contribution in [1.82, 2.24) is 57.8 Å². The molecule has 0 amide bonds. The van der Waals surface area contributed by atoms with Crippen molar-refractivity contribution in [3.63, 3.8) is 0 Å². The van der Waals surface area contributed by atoms with Crippen LogP contribution in [0.3, 0.4) is 0 Å². The van der Waals surface area contributed by atoms with E-state index in [1.807, 2.05) is 230 Å². The molecule has 0 aliphatic carbocycles. The first kappa shape index (κ1) is 94.2. The van der Waals surface area contributed by atoms with Crippen LogP contribution < -0.4 is 14.7 Å². The van der Waals surface area contributed by atoms with Gasteiger partial charge in [0.05, 0.1) is 56.8 Å². The topological polar surface area (TPSA) is 110 Å². The summed E-state index contributed by atoms with van der Waals surface area (Å²) in [6, 6.07) is 97.3. The van der Waals surface area contributed by atoms with Crippen LogP contribution in [-0.4, -0.2) is 78.9 Å². The monoisotopic (exact) mass is 2290 g/mol. The van der Waals surface area contributed by atoms with Crippen molar-refractivity contribution in [1.29, 1.82) is 0 Å². The zero-order valence-corrected chi connectivity index (χ0v) is 85.0. The second-order valence-corrected chi connectivity index (χ2v) is 35.8.